The first-order valence-electron chi connectivity index (χ1n) is 6.04. The van der Waals surface area contributed by atoms with E-state index in [1.54, 1.807) is 12.0 Å². The monoisotopic (exact) mass is 268 g/mol. The number of ether oxygens (including phenoxy) is 1. The predicted octanol–water partition coefficient (Wildman–Crippen LogP) is -0.386. The van der Waals surface area contributed by atoms with Gasteiger partial charge in [0.15, 0.2) is 5.69 Å². The summed E-state index contributed by atoms with van der Waals surface area (Å²) in [6.45, 7) is 1.26. The second-order valence-corrected chi connectivity index (χ2v) is 4.45. The molecule has 0 spiro atoms. The molecular weight excluding hydrogens is 252 g/mol. The standard InChI is InChI=1S/C11H16N4O4/c1-19-8-3-2-4-14(5-8)10(16)7-15-6-9(11(17)18)12-13-15/h6,8H,2-5,7H2,1H3,(H,17,18). The number of aromatic carboxylic acids is 1. The van der Waals surface area contributed by atoms with Crippen molar-refractivity contribution in [1.82, 2.24) is 19.9 Å². The average molecular weight is 268 g/mol. The molecule has 1 aliphatic rings. The first-order chi connectivity index (χ1) is 9.10. The van der Waals surface area contributed by atoms with Gasteiger partial charge in [-0.2, -0.15) is 0 Å². The van der Waals surface area contributed by atoms with Crippen LogP contribution < -0.4 is 0 Å². The molecular formula is C11H16N4O4. The number of amides is 1. The molecule has 1 amide bonds. The molecule has 0 radical (unpaired) electrons. The molecule has 1 unspecified atom stereocenters. The van der Waals surface area contributed by atoms with E-state index in [4.69, 9.17) is 9.84 Å². The van der Waals surface area contributed by atoms with Crippen molar-refractivity contribution in [1.29, 1.82) is 0 Å². The number of carbonyl (C=O) groups is 2. The van der Waals surface area contributed by atoms with Gasteiger partial charge in [0.25, 0.3) is 0 Å². The van der Waals surface area contributed by atoms with E-state index in [-0.39, 0.29) is 24.2 Å². The number of methoxy groups -OCH3 is 1. The first-order valence-corrected chi connectivity index (χ1v) is 6.04. The van der Waals surface area contributed by atoms with Crippen molar-refractivity contribution in [3.8, 4) is 0 Å². The zero-order chi connectivity index (χ0) is 13.8. The van der Waals surface area contributed by atoms with Gasteiger partial charge >= 0.3 is 5.97 Å². The summed E-state index contributed by atoms with van der Waals surface area (Å²) < 4.78 is 6.49. The SMILES string of the molecule is COC1CCCN(C(=O)Cn2cc(C(=O)O)nn2)C1. The molecule has 104 valence electrons. The Morgan fingerprint density at radius 1 is 1.58 bits per heavy atom. The van der Waals surface area contributed by atoms with E-state index in [9.17, 15) is 9.59 Å². The van der Waals surface area contributed by atoms with Gasteiger partial charge in [0, 0.05) is 20.2 Å². The van der Waals surface area contributed by atoms with Gasteiger partial charge in [0.2, 0.25) is 5.91 Å². The van der Waals surface area contributed by atoms with Crippen LogP contribution in [-0.4, -0.2) is 63.2 Å². The van der Waals surface area contributed by atoms with Crippen molar-refractivity contribution < 1.29 is 19.4 Å². The number of aromatic nitrogens is 3. The highest BCUT2D eigenvalue weighted by atomic mass is 16.5. The van der Waals surface area contributed by atoms with Gasteiger partial charge in [-0.15, -0.1) is 5.10 Å². The summed E-state index contributed by atoms with van der Waals surface area (Å²) in [5.41, 5.74) is -0.166. The molecule has 1 N–H and O–H groups in total. The number of nitrogens with zero attached hydrogens (tertiary/aromatic N) is 4. The third kappa shape index (κ3) is 3.28. The Kier molecular flexibility index (Phi) is 4.10. The highest BCUT2D eigenvalue weighted by Crippen LogP contribution is 2.12. The quantitative estimate of drug-likeness (QED) is 0.799. The summed E-state index contributed by atoms with van der Waals surface area (Å²) >= 11 is 0. The van der Waals surface area contributed by atoms with Crippen molar-refractivity contribution in [2.75, 3.05) is 20.2 Å². The molecule has 1 atom stereocenters. The Labute approximate surface area is 109 Å². The van der Waals surface area contributed by atoms with Gasteiger partial charge in [-0.3, -0.25) is 4.79 Å². The van der Waals surface area contributed by atoms with Gasteiger partial charge < -0.3 is 14.7 Å². The van der Waals surface area contributed by atoms with Gasteiger partial charge in [-0.05, 0) is 12.8 Å². The number of carboxylic acid groups (broad SMARTS) is 1. The Bertz CT molecular complexity index is 473. The lowest BCUT2D eigenvalue weighted by atomic mass is 10.1. The molecule has 8 nitrogen and oxygen atoms in total. The van der Waals surface area contributed by atoms with Gasteiger partial charge in [0.05, 0.1) is 12.3 Å². The third-order valence-corrected chi connectivity index (χ3v) is 3.12. The van der Waals surface area contributed by atoms with Crippen molar-refractivity contribution in [3.05, 3.63) is 11.9 Å². The van der Waals surface area contributed by atoms with Gasteiger partial charge in [0.1, 0.15) is 6.54 Å². The van der Waals surface area contributed by atoms with Crippen LogP contribution in [0.2, 0.25) is 0 Å². The second-order valence-electron chi connectivity index (χ2n) is 4.45. The number of likely N-dealkylation sites (tertiary alicyclic amines) is 1. The van der Waals surface area contributed by atoms with E-state index in [0.717, 1.165) is 12.8 Å². The van der Waals surface area contributed by atoms with E-state index in [1.807, 2.05) is 0 Å². The van der Waals surface area contributed by atoms with Gasteiger partial charge in [-0.1, -0.05) is 5.21 Å². The predicted molar refractivity (Wildman–Crippen MR) is 63.6 cm³/mol. The van der Waals surface area contributed by atoms with Crippen molar-refractivity contribution in [3.63, 3.8) is 0 Å². The highest BCUT2D eigenvalue weighted by molar-refractivity contribution is 5.84. The molecule has 0 bridgehead atoms. The van der Waals surface area contributed by atoms with Crippen LogP contribution in [0.15, 0.2) is 6.20 Å². The van der Waals surface area contributed by atoms with E-state index in [0.29, 0.717) is 13.1 Å². The molecule has 1 aliphatic heterocycles. The van der Waals surface area contributed by atoms with E-state index < -0.39 is 5.97 Å². The minimum Gasteiger partial charge on any atom is -0.476 e. The van der Waals surface area contributed by atoms with Crippen LogP contribution in [0.1, 0.15) is 23.3 Å². The molecule has 1 fully saturated rings. The van der Waals surface area contributed by atoms with Crippen LogP contribution in [0.5, 0.6) is 0 Å². The van der Waals surface area contributed by atoms with Crippen molar-refractivity contribution in [2.45, 2.75) is 25.5 Å². The Morgan fingerprint density at radius 2 is 2.37 bits per heavy atom. The normalized spacial score (nSPS) is 19.4. The molecule has 2 heterocycles. The lowest BCUT2D eigenvalue weighted by Crippen LogP contribution is -2.44. The number of hydrogen-bond acceptors (Lipinski definition) is 5. The van der Waals surface area contributed by atoms with Crippen LogP contribution in [0.3, 0.4) is 0 Å². The van der Waals surface area contributed by atoms with E-state index >= 15 is 0 Å². The van der Waals surface area contributed by atoms with Crippen LogP contribution in [0.25, 0.3) is 0 Å². The summed E-state index contributed by atoms with van der Waals surface area (Å²) in [5, 5.41) is 15.8. The average Bonchev–Trinajstić information content (AvgIpc) is 2.87. The molecule has 0 aliphatic carbocycles. The molecule has 1 aromatic rings. The molecule has 1 aromatic heterocycles. The summed E-state index contributed by atoms with van der Waals surface area (Å²) in [6, 6.07) is 0. The number of carbonyl (C=O) groups excluding carboxylic acids is 1. The fourth-order valence-electron chi connectivity index (χ4n) is 2.07. The number of carboxylic acids is 1. The zero-order valence-corrected chi connectivity index (χ0v) is 10.7. The van der Waals surface area contributed by atoms with Crippen LogP contribution in [0.4, 0.5) is 0 Å². The maximum Gasteiger partial charge on any atom is 0.358 e. The summed E-state index contributed by atoms with van der Waals surface area (Å²) in [6.07, 6.45) is 3.18. The minimum atomic E-state index is -1.16. The second kappa shape index (κ2) is 5.79. The van der Waals surface area contributed by atoms with Crippen LogP contribution in [-0.2, 0) is 16.1 Å². The molecule has 0 aromatic carbocycles. The lowest BCUT2D eigenvalue weighted by molar-refractivity contribution is -0.135. The maximum absolute atomic E-state index is 12.0. The van der Waals surface area contributed by atoms with E-state index in [1.165, 1.54) is 10.9 Å². The third-order valence-electron chi connectivity index (χ3n) is 3.12. The van der Waals surface area contributed by atoms with Crippen LogP contribution >= 0.6 is 0 Å². The molecule has 19 heavy (non-hydrogen) atoms. The number of hydrogen-bond donors (Lipinski definition) is 1. The molecule has 2 rings (SSSR count). The van der Waals surface area contributed by atoms with Crippen LogP contribution in [0, 0.1) is 0 Å². The topological polar surface area (TPSA) is 97.5 Å². The molecule has 8 heteroatoms. The fourth-order valence-corrected chi connectivity index (χ4v) is 2.07. The minimum absolute atomic E-state index is 0.00326. The first kappa shape index (κ1) is 13.5. The summed E-state index contributed by atoms with van der Waals surface area (Å²) in [7, 11) is 1.63. The Morgan fingerprint density at radius 3 is 3.00 bits per heavy atom. The van der Waals surface area contributed by atoms with Gasteiger partial charge in [-0.25, -0.2) is 9.48 Å². The maximum atomic E-state index is 12.0. The smallest absolute Gasteiger partial charge is 0.358 e. The Hall–Kier alpha value is -1.96. The lowest BCUT2D eigenvalue weighted by Gasteiger charge is -2.31. The molecule has 1 saturated heterocycles. The fraction of sp³-hybridized carbons (Fsp3) is 0.636. The summed E-state index contributed by atoms with van der Waals surface area (Å²) in [5.74, 6) is -1.26. The number of rotatable bonds is 4. The summed E-state index contributed by atoms with van der Waals surface area (Å²) in [4.78, 5) is 24.4. The van der Waals surface area contributed by atoms with E-state index in [2.05, 4.69) is 10.3 Å². The van der Waals surface area contributed by atoms with Crippen molar-refractivity contribution >= 4 is 11.9 Å². The zero-order valence-electron chi connectivity index (χ0n) is 10.7. The number of piperidine rings is 1. The largest absolute Gasteiger partial charge is 0.476 e. The van der Waals surface area contributed by atoms with Crippen molar-refractivity contribution in [2.24, 2.45) is 0 Å². The Balaban J connectivity index is 1.94. The molecule has 0 saturated carbocycles. The highest BCUT2D eigenvalue weighted by Gasteiger charge is 2.23.